The first kappa shape index (κ1) is 10.9. The fraction of sp³-hybridized carbons (Fsp3) is 0.600. The van der Waals surface area contributed by atoms with Gasteiger partial charge in [-0.25, -0.2) is 0 Å². The lowest BCUT2D eigenvalue weighted by molar-refractivity contribution is -0.134. The topological polar surface area (TPSA) is 40.6 Å². The summed E-state index contributed by atoms with van der Waals surface area (Å²) in [6, 6.07) is 0. The van der Waals surface area contributed by atoms with E-state index in [0.29, 0.717) is 13.1 Å². The number of carbonyl (C=O) groups is 2. The van der Waals surface area contributed by atoms with Crippen molar-refractivity contribution in [1.82, 2.24) is 9.80 Å². The fourth-order valence-electron chi connectivity index (χ4n) is 1.25. The van der Waals surface area contributed by atoms with E-state index < -0.39 is 0 Å². The Bertz CT molecular complexity index is 243. The molecule has 78 valence electrons. The van der Waals surface area contributed by atoms with Crippen molar-refractivity contribution in [1.29, 1.82) is 0 Å². The van der Waals surface area contributed by atoms with Crippen LogP contribution in [0.15, 0.2) is 12.2 Å². The van der Waals surface area contributed by atoms with Gasteiger partial charge in [0.2, 0.25) is 5.91 Å². The lowest BCUT2D eigenvalue weighted by Gasteiger charge is -2.35. The van der Waals surface area contributed by atoms with Gasteiger partial charge in [0.1, 0.15) is 6.29 Å². The van der Waals surface area contributed by atoms with Gasteiger partial charge in [-0.15, -0.1) is 0 Å². The van der Waals surface area contributed by atoms with Crippen LogP contribution in [0.4, 0.5) is 0 Å². The molecule has 0 bridgehead atoms. The quantitative estimate of drug-likeness (QED) is 0.460. The van der Waals surface area contributed by atoms with Gasteiger partial charge < -0.3 is 14.6 Å². The number of likely N-dealkylation sites (N-methyl/N-ethyl adjacent to an activating group) is 1. The molecule has 0 aromatic rings. The molecule has 0 aromatic heterocycles. The summed E-state index contributed by atoms with van der Waals surface area (Å²) in [7, 11) is 3.89. The van der Waals surface area contributed by atoms with Crippen molar-refractivity contribution in [2.45, 2.75) is 0 Å². The average Bonchev–Trinajstić information content (AvgIpc) is 2.01. The van der Waals surface area contributed by atoms with E-state index in [2.05, 4.69) is 0 Å². The molecule has 0 aliphatic carbocycles. The Morgan fingerprint density at radius 1 is 1.50 bits per heavy atom. The number of nitrogens with zero attached hydrogens (tertiary/aromatic N) is 2. The smallest absolute Gasteiger partial charge is 0.246 e. The maximum absolute atomic E-state index is 11.4. The molecule has 4 heteroatoms. The van der Waals surface area contributed by atoms with Gasteiger partial charge in [-0.2, -0.15) is 0 Å². The summed E-state index contributed by atoms with van der Waals surface area (Å²) < 4.78 is 0. The summed E-state index contributed by atoms with van der Waals surface area (Å²) in [6.07, 6.45) is 4.31. The molecule has 0 atom stereocenters. The number of carbonyl (C=O) groups excluding carboxylic acids is 2. The summed E-state index contributed by atoms with van der Waals surface area (Å²) in [5.41, 5.74) is 0. The van der Waals surface area contributed by atoms with E-state index in [1.165, 1.54) is 0 Å². The van der Waals surface area contributed by atoms with Crippen LogP contribution < -0.4 is 0 Å². The number of hydrogen-bond donors (Lipinski definition) is 0. The Morgan fingerprint density at radius 3 is 2.64 bits per heavy atom. The van der Waals surface area contributed by atoms with Crippen LogP contribution in [0.25, 0.3) is 0 Å². The minimum absolute atomic E-state index is 0.00458. The Labute approximate surface area is 84.2 Å². The van der Waals surface area contributed by atoms with Crippen molar-refractivity contribution in [3.8, 4) is 0 Å². The highest BCUT2D eigenvalue weighted by molar-refractivity contribution is 5.88. The summed E-state index contributed by atoms with van der Waals surface area (Å²) in [4.78, 5) is 25.3. The molecule has 0 aromatic carbocycles. The molecule has 1 aliphatic heterocycles. The normalized spacial score (nSPS) is 17.5. The molecule has 1 fully saturated rings. The SMILES string of the molecule is CN(C)C/C=C/C(=O)N1CC(C=O)C1. The van der Waals surface area contributed by atoms with Crippen molar-refractivity contribution in [3.05, 3.63) is 12.2 Å². The van der Waals surface area contributed by atoms with Gasteiger partial charge in [0.05, 0.1) is 0 Å². The standard InChI is InChI=1S/C10H16N2O2/c1-11(2)5-3-4-10(14)12-6-9(7-12)8-13/h3-4,8-9H,5-7H2,1-2H3/b4-3+. The summed E-state index contributed by atoms with van der Waals surface area (Å²) in [5, 5.41) is 0. The highest BCUT2D eigenvalue weighted by Gasteiger charge is 2.28. The van der Waals surface area contributed by atoms with Crippen molar-refractivity contribution in [2.75, 3.05) is 33.7 Å². The lowest BCUT2D eigenvalue weighted by Crippen LogP contribution is -2.50. The van der Waals surface area contributed by atoms with E-state index in [0.717, 1.165) is 12.8 Å². The minimum atomic E-state index is 0.00458. The average molecular weight is 196 g/mol. The van der Waals surface area contributed by atoms with Gasteiger partial charge in [-0.1, -0.05) is 6.08 Å². The first-order valence-corrected chi connectivity index (χ1v) is 4.69. The highest BCUT2D eigenvalue weighted by Crippen LogP contribution is 2.12. The zero-order chi connectivity index (χ0) is 10.6. The Kier molecular flexibility index (Phi) is 3.83. The molecule has 0 saturated carbocycles. The fourth-order valence-corrected chi connectivity index (χ4v) is 1.25. The van der Waals surface area contributed by atoms with Gasteiger partial charge in [0, 0.05) is 31.6 Å². The number of likely N-dealkylation sites (tertiary alicyclic amines) is 1. The van der Waals surface area contributed by atoms with Gasteiger partial charge in [-0.3, -0.25) is 4.79 Å². The summed E-state index contributed by atoms with van der Waals surface area (Å²) in [5.74, 6) is 0.0612. The first-order chi connectivity index (χ1) is 6.63. The predicted molar refractivity (Wildman–Crippen MR) is 53.8 cm³/mol. The van der Waals surface area contributed by atoms with E-state index in [1.807, 2.05) is 25.1 Å². The molecule has 1 aliphatic rings. The largest absolute Gasteiger partial charge is 0.338 e. The summed E-state index contributed by atoms with van der Waals surface area (Å²) >= 11 is 0. The number of aldehydes is 1. The zero-order valence-electron chi connectivity index (χ0n) is 8.64. The van der Waals surface area contributed by atoms with Crippen LogP contribution in [0.5, 0.6) is 0 Å². The van der Waals surface area contributed by atoms with E-state index in [4.69, 9.17) is 0 Å². The van der Waals surface area contributed by atoms with Crippen LogP contribution in [0.3, 0.4) is 0 Å². The Balaban J connectivity index is 2.23. The molecule has 0 unspecified atom stereocenters. The third kappa shape index (κ3) is 2.96. The second kappa shape index (κ2) is 4.91. The maximum Gasteiger partial charge on any atom is 0.246 e. The number of hydrogen-bond acceptors (Lipinski definition) is 3. The van der Waals surface area contributed by atoms with Gasteiger partial charge in [0.15, 0.2) is 0 Å². The molecule has 1 amide bonds. The van der Waals surface area contributed by atoms with Crippen molar-refractivity contribution < 1.29 is 9.59 Å². The lowest BCUT2D eigenvalue weighted by atomic mass is 10.0. The van der Waals surface area contributed by atoms with Crippen LogP contribution in [0.2, 0.25) is 0 Å². The third-order valence-corrected chi connectivity index (χ3v) is 2.14. The van der Waals surface area contributed by atoms with Crippen LogP contribution in [-0.4, -0.2) is 55.7 Å². The predicted octanol–water partition coefficient (Wildman–Crippen LogP) is -0.238. The second-order valence-electron chi connectivity index (χ2n) is 3.80. The van der Waals surface area contributed by atoms with Gasteiger partial charge in [0.25, 0.3) is 0 Å². The number of rotatable bonds is 4. The molecule has 0 spiro atoms. The zero-order valence-corrected chi connectivity index (χ0v) is 8.64. The van der Waals surface area contributed by atoms with E-state index in [9.17, 15) is 9.59 Å². The second-order valence-corrected chi connectivity index (χ2v) is 3.80. The van der Waals surface area contributed by atoms with E-state index in [-0.39, 0.29) is 11.8 Å². The van der Waals surface area contributed by atoms with Crippen molar-refractivity contribution >= 4 is 12.2 Å². The van der Waals surface area contributed by atoms with E-state index >= 15 is 0 Å². The van der Waals surface area contributed by atoms with Crippen LogP contribution >= 0.6 is 0 Å². The van der Waals surface area contributed by atoms with Gasteiger partial charge >= 0.3 is 0 Å². The Hall–Kier alpha value is -1.16. The van der Waals surface area contributed by atoms with Crippen molar-refractivity contribution in [2.24, 2.45) is 5.92 Å². The molecule has 1 heterocycles. The molecule has 0 radical (unpaired) electrons. The maximum atomic E-state index is 11.4. The molecular formula is C10H16N2O2. The highest BCUT2D eigenvalue weighted by atomic mass is 16.2. The summed E-state index contributed by atoms with van der Waals surface area (Å²) in [6.45, 7) is 1.92. The molecular weight excluding hydrogens is 180 g/mol. The van der Waals surface area contributed by atoms with Gasteiger partial charge in [-0.05, 0) is 14.1 Å². The van der Waals surface area contributed by atoms with E-state index in [1.54, 1.807) is 11.0 Å². The molecule has 1 saturated heterocycles. The monoisotopic (exact) mass is 196 g/mol. The molecule has 4 nitrogen and oxygen atoms in total. The van der Waals surface area contributed by atoms with Crippen LogP contribution in [-0.2, 0) is 9.59 Å². The molecule has 1 rings (SSSR count). The first-order valence-electron chi connectivity index (χ1n) is 4.69. The van der Waals surface area contributed by atoms with Crippen molar-refractivity contribution in [3.63, 3.8) is 0 Å². The third-order valence-electron chi connectivity index (χ3n) is 2.14. The molecule has 0 N–H and O–H groups in total. The minimum Gasteiger partial charge on any atom is -0.338 e. The molecule has 14 heavy (non-hydrogen) atoms. The number of amides is 1. The Morgan fingerprint density at radius 2 is 2.14 bits per heavy atom. The van der Waals surface area contributed by atoms with Crippen LogP contribution in [0.1, 0.15) is 0 Å². The van der Waals surface area contributed by atoms with Crippen LogP contribution in [0, 0.1) is 5.92 Å².